The Balaban J connectivity index is 2.47. The van der Waals surface area contributed by atoms with E-state index in [4.69, 9.17) is 4.74 Å². The van der Waals surface area contributed by atoms with Crippen molar-refractivity contribution in [3.63, 3.8) is 0 Å². The molecule has 0 amide bonds. The first-order chi connectivity index (χ1) is 10.3. The van der Waals surface area contributed by atoms with E-state index in [1.807, 2.05) is 19.9 Å². The highest BCUT2D eigenvalue weighted by molar-refractivity contribution is 5.41. The van der Waals surface area contributed by atoms with Crippen LogP contribution in [0, 0.1) is 0 Å². The quantitative estimate of drug-likeness (QED) is 0.922. The minimum Gasteiger partial charge on any atom is -0.496 e. The second-order valence-electron chi connectivity index (χ2n) is 5.89. The van der Waals surface area contributed by atoms with E-state index in [0.717, 1.165) is 5.56 Å². The Morgan fingerprint density at radius 2 is 1.82 bits per heavy atom. The Morgan fingerprint density at radius 1 is 1.18 bits per heavy atom. The number of hydrogen-bond acceptors (Lipinski definition) is 3. The van der Waals surface area contributed by atoms with Gasteiger partial charge in [0.1, 0.15) is 11.8 Å². The summed E-state index contributed by atoms with van der Waals surface area (Å²) in [6.07, 6.45) is -4.33. The third kappa shape index (κ3) is 3.73. The van der Waals surface area contributed by atoms with Gasteiger partial charge in [-0.2, -0.15) is 13.2 Å². The van der Waals surface area contributed by atoms with Crippen molar-refractivity contribution in [2.24, 2.45) is 0 Å². The number of piperazine rings is 1. The van der Waals surface area contributed by atoms with Crippen molar-refractivity contribution in [3.05, 3.63) is 29.3 Å². The minimum absolute atomic E-state index is 0.168. The van der Waals surface area contributed by atoms with E-state index in [0.29, 0.717) is 31.9 Å². The fourth-order valence-corrected chi connectivity index (χ4v) is 2.85. The van der Waals surface area contributed by atoms with Gasteiger partial charge in [-0.05, 0) is 23.6 Å². The summed E-state index contributed by atoms with van der Waals surface area (Å²) in [4.78, 5) is 1.48. The Bertz CT molecular complexity index is 497. The van der Waals surface area contributed by atoms with Crippen molar-refractivity contribution < 1.29 is 17.9 Å². The molecule has 1 aliphatic heterocycles. The number of nitrogens with one attached hydrogen (secondary N) is 1. The molecule has 1 fully saturated rings. The number of rotatable bonds is 4. The molecule has 124 valence electrons. The van der Waals surface area contributed by atoms with Gasteiger partial charge in [0.05, 0.1) is 7.11 Å². The maximum absolute atomic E-state index is 13.7. The smallest absolute Gasteiger partial charge is 0.408 e. The molecule has 0 radical (unpaired) electrons. The van der Waals surface area contributed by atoms with Gasteiger partial charge in [0.25, 0.3) is 0 Å². The topological polar surface area (TPSA) is 24.5 Å². The molecule has 6 heteroatoms. The van der Waals surface area contributed by atoms with E-state index in [-0.39, 0.29) is 11.5 Å². The molecule has 0 bridgehead atoms. The Hall–Kier alpha value is -1.27. The van der Waals surface area contributed by atoms with Crippen molar-refractivity contribution in [1.82, 2.24) is 10.2 Å². The lowest BCUT2D eigenvalue weighted by Crippen LogP contribution is -2.49. The van der Waals surface area contributed by atoms with Crippen LogP contribution in [0.2, 0.25) is 0 Å². The van der Waals surface area contributed by atoms with Gasteiger partial charge >= 0.3 is 6.18 Å². The summed E-state index contributed by atoms with van der Waals surface area (Å²) in [5.74, 6) is 0.465. The molecule has 0 spiro atoms. The fourth-order valence-electron chi connectivity index (χ4n) is 2.85. The molecule has 2 rings (SSSR count). The summed E-state index contributed by atoms with van der Waals surface area (Å²) in [5.41, 5.74) is 1.10. The van der Waals surface area contributed by atoms with Gasteiger partial charge in [0.2, 0.25) is 0 Å². The van der Waals surface area contributed by atoms with E-state index < -0.39 is 12.2 Å². The first kappa shape index (κ1) is 17.1. The molecule has 0 unspecified atom stereocenters. The molecule has 1 heterocycles. The summed E-state index contributed by atoms with van der Waals surface area (Å²) < 4.78 is 46.4. The van der Waals surface area contributed by atoms with Gasteiger partial charge in [-0.15, -0.1) is 0 Å². The van der Waals surface area contributed by atoms with Crippen LogP contribution in [0.25, 0.3) is 0 Å². The Morgan fingerprint density at radius 3 is 2.32 bits per heavy atom. The summed E-state index contributed by atoms with van der Waals surface area (Å²) in [6.45, 7) is 5.83. The van der Waals surface area contributed by atoms with E-state index in [1.54, 1.807) is 12.1 Å². The third-order valence-corrected chi connectivity index (χ3v) is 4.04. The summed E-state index contributed by atoms with van der Waals surface area (Å²) in [5, 5.41) is 3.09. The molecule has 0 saturated carbocycles. The van der Waals surface area contributed by atoms with Crippen LogP contribution in [0.1, 0.15) is 36.9 Å². The third-order valence-electron chi connectivity index (χ3n) is 4.04. The van der Waals surface area contributed by atoms with Crippen molar-refractivity contribution in [2.45, 2.75) is 32.0 Å². The molecular weight excluding hydrogens is 293 g/mol. The van der Waals surface area contributed by atoms with Gasteiger partial charge in [-0.3, -0.25) is 4.90 Å². The Kier molecular flexibility index (Phi) is 5.34. The van der Waals surface area contributed by atoms with Crippen LogP contribution in [0.5, 0.6) is 5.75 Å². The second kappa shape index (κ2) is 6.87. The first-order valence-corrected chi connectivity index (χ1v) is 7.54. The zero-order valence-corrected chi connectivity index (χ0v) is 13.2. The van der Waals surface area contributed by atoms with Gasteiger partial charge in [-0.25, -0.2) is 0 Å². The normalized spacial score (nSPS) is 18.5. The number of alkyl halides is 3. The van der Waals surface area contributed by atoms with Crippen molar-refractivity contribution in [3.8, 4) is 5.75 Å². The molecule has 1 saturated heterocycles. The van der Waals surface area contributed by atoms with Crippen molar-refractivity contribution >= 4 is 0 Å². The highest BCUT2D eigenvalue weighted by Crippen LogP contribution is 2.42. The van der Waals surface area contributed by atoms with Crippen molar-refractivity contribution in [2.75, 3.05) is 33.3 Å². The van der Waals surface area contributed by atoms with Crippen LogP contribution < -0.4 is 10.1 Å². The number of halogens is 3. The van der Waals surface area contributed by atoms with Crippen LogP contribution in [-0.2, 0) is 0 Å². The molecule has 22 heavy (non-hydrogen) atoms. The number of methoxy groups -OCH3 is 1. The van der Waals surface area contributed by atoms with Gasteiger partial charge < -0.3 is 10.1 Å². The average molecular weight is 316 g/mol. The number of ether oxygens (including phenoxy) is 1. The molecular formula is C16H23F3N2O. The van der Waals surface area contributed by atoms with Crippen LogP contribution in [-0.4, -0.2) is 44.4 Å². The summed E-state index contributed by atoms with van der Waals surface area (Å²) >= 11 is 0. The fraction of sp³-hybridized carbons (Fsp3) is 0.625. The van der Waals surface area contributed by atoms with Gasteiger partial charge in [-0.1, -0.05) is 19.9 Å². The maximum Gasteiger partial charge on any atom is 0.408 e. The van der Waals surface area contributed by atoms with E-state index in [9.17, 15) is 13.2 Å². The van der Waals surface area contributed by atoms with Gasteiger partial charge in [0.15, 0.2) is 0 Å². The summed E-state index contributed by atoms with van der Waals surface area (Å²) in [6, 6.07) is 3.50. The standard InChI is InChI=1S/C16H23F3N2O/c1-11(2)12-4-5-14(22-3)13(10-12)15(16(17,18)19)21-8-6-20-7-9-21/h4-5,10-11,15,20H,6-9H2,1-3H3/t15-/m0/s1. The van der Waals surface area contributed by atoms with Crippen molar-refractivity contribution in [1.29, 1.82) is 0 Å². The number of hydrogen-bond donors (Lipinski definition) is 1. The molecule has 1 N–H and O–H groups in total. The van der Waals surface area contributed by atoms with E-state index in [2.05, 4.69) is 5.32 Å². The van der Waals surface area contributed by atoms with Crippen LogP contribution in [0.4, 0.5) is 13.2 Å². The molecule has 1 aromatic carbocycles. The van der Waals surface area contributed by atoms with E-state index >= 15 is 0 Å². The predicted molar refractivity (Wildman–Crippen MR) is 80.3 cm³/mol. The zero-order valence-electron chi connectivity index (χ0n) is 13.2. The van der Waals surface area contributed by atoms with Crippen LogP contribution in [0.3, 0.4) is 0 Å². The first-order valence-electron chi connectivity index (χ1n) is 7.54. The van der Waals surface area contributed by atoms with Crippen LogP contribution in [0.15, 0.2) is 18.2 Å². The number of nitrogens with zero attached hydrogens (tertiary/aromatic N) is 1. The SMILES string of the molecule is COc1ccc(C(C)C)cc1[C@H](N1CCNCC1)C(F)(F)F. The monoisotopic (exact) mass is 316 g/mol. The summed E-state index contributed by atoms with van der Waals surface area (Å²) in [7, 11) is 1.42. The minimum atomic E-state index is -4.33. The average Bonchev–Trinajstić information content (AvgIpc) is 2.47. The van der Waals surface area contributed by atoms with Gasteiger partial charge in [0, 0.05) is 31.7 Å². The Labute approximate surface area is 129 Å². The zero-order chi connectivity index (χ0) is 16.3. The molecule has 0 aromatic heterocycles. The van der Waals surface area contributed by atoms with E-state index in [1.165, 1.54) is 12.0 Å². The molecule has 1 aromatic rings. The number of benzene rings is 1. The lowest BCUT2D eigenvalue weighted by Gasteiger charge is -2.37. The molecule has 3 nitrogen and oxygen atoms in total. The molecule has 1 aliphatic rings. The van der Waals surface area contributed by atoms with Crippen LogP contribution >= 0.6 is 0 Å². The largest absolute Gasteiger partial charge is 0.496 e. The second-order valence-corrected chi connectivity index (χ2v) is 5.89. The predicted octanol–water partition coefficient (Wildman–Crippen LogP) is 3.33. The highest BCUT2D eigenvalue weighted by atomic mass is 19.4. The lowest BCUT2D eigenvalue weighted by molar-refractivity contribution is -0.188. The highest BCUT2D eigenvalue weighted by Gasteiger charge is 2.46. The molecule has 0 aliphatic carbocycles. The lowest BCUT2D eigenvalue weighted by atomic mass is 9.95. The molecule has 1 atom stereocenters. The maximum atomic E-state index is 13.7.